The third-order valence-electron chi connectivity index (χ3n) is 14.2. The van der Waals surface area contributed by atoms with Gasteiger partial charge in [0.2, 0.25) is 0 Å². The van der Waals surface area contributed by atoms with Gasteiger partial charge in [-0.1, -0.05) is 224 Å². The molecular formula is C63H39N5. The maximum absolute atomic E-state index is 5.33. The minimum atomic E-state index is -0.478. The van der Waals surface area contributed by atoms with Gasteiger partial charge < -0.3 is 0 Å². The van der Waals surface area contributed by atoms with E-state index in [2.05, 4.69) is 217 Å². The van der Waals surface area contributed by atoms with Crippen molar-refractivity contribution in [2.75, 3.05) is 0 Å². The van der Waals surface area contributed by atoms with E-state index < -0.39 is 5.41 Å². The van der Waals surface area contributed by atoms with Crippen LogP contribution in [0.1, 0.15) is 22.3 Å². The van der Waals surface area contributed by atoms with Gasteiger partial charge in [-0.3, -0.25) is 0 Å². The summed E-state index contributed by atoms with van der Waals surface area (Å²) in [6.07, 6.45) is 2.00. The Morgan fingerprint density at radius 3 is 1.32 bits per heavy atom. The van der Waals surface area contributed by atoms with Crippen molar-refractivity contribution in [1.82, 2.24) is 24.6 Å². The Balaban J connectivity index is 0.945. The molecule has 3 aromatic heterocycles. The van der Waals surface area contributed by atoms with Crippen LogP contribution in [0.5, 0.6) is 0 Å². The number of hydrogen-bond acceptors (Lipinski definition) is 4. The van der Waals surface area contributed by atoms with E-state index in [4.69, 9.17) is 20.1 Å². The number of benzene rings is 9. The molecule has 0 fully saturated rings. The SMILES string of the molecule is c1ccc(-c2nc(-c3ccc(-c4c(-c5ccccc5)n5ncc(-c6ccccc6)c5c5ccccc45)cc3)nc(-c3ccc4c(c3)C3(c5ccccc5-c5ccccc53)c3ccccc3-4)n2)cc1. The molecule has 0 aliphatic heterocycles. The van der Waals surface area contributed by atoms with E-state index in [1.54, 1.807) is 0 Å². The highest BCUT2D eigenvalue weighted by Crippen LogP contribution is 2.63. The topological polar surface area (TPSA) is 56.0 Å². The molecule has 0 radical (unpaired) electrons. The molecule has 0 saturated carbocycles. The quantitative estimate of drug-likeness (QED) is 0.167. The van der Waals surface area contributed by atoms with Crippen molar-refractivity contribution < 1.29 is 0 Å². The van der Waals surface area contributed by atoms with Crippen LogP contribution in [-0.2, 0) is 5.41 Å². The van der Waals surface area contributed by atoms with Gasteiger partial charge in [0, 0.05) is 38.8 Å². The van der Waals surface area contributed by atoms with E-state index in [-0.39, 0.29) is 0 Å². The van der Waals surface area contributed by atoms with E-state index in [0.717, 1.165) is 66.5 Å². The Hall–Kier alpha value is -9.06. The molecule has 68 heavy (non-hydrogen) atoms. The number of rotatable bonds is 6. The summed E-state index contributed by atoms with van der Waals surface area (Å²) in [4.78, 5) is 15.8. The maximum atomic E-state index is 5.33. The highest BCUT2D eigenvalue weighted by Gasteiger charge is 2.51. The first-order valence-corrected chi connectivity index (χ1v) is 23.1. The molecule has 2 aliphatic carbocycles. The Labute approximate surface area is 393 Å². The standard InChI is InChI=1S/C63H39N5/c1-4-18-40(19-5-1)52-39-64-68-58(42-20-6-2-7-21-42)57(50-27-10-11-28-51(50)59(52)68)41-32-34-44(35-33-41)61-65-60(43-22-8-3-9-23-43)66-62(67-61)45-36-37-49-48-26-14-17-31-55(48)63(56(49)38-45)53-29-15-12-24-46(53)47-25-13-16-30-54(47)63/h1-39H. The fourth-order valence-corrected chi connectivity index (χ4v) is 11.3. The second-order valence-corrected chi connectivity index (χ2v) is 17.7. The second kappa shape index (κ2) is 15.0. The molecule has 0 amide bonds. The first kappa shape index (κ1) is 38.2. The number of aromatic nitrogens is 5. The summed E-state index contributed by atoms with van der Waals surface area (Å²) in [6, 6.07) is 82.3. The zero-order valence-electron chi connectivity index (χ0n) is 36.8. The van der Waals surface area contributed by atoms with Gasteiger partial charge in [-0.2, -0.15) is 5.10 Å². The molecule has 0 bridgehead atoms. The van der Waals surface area contributed by atoms with Crippen molar-refractivity contribution >= 4 is 16.3 Å². The van der Waals surface area contributed by atoms with Gasteiger partial charge in [0.1, 0.15) is 0 Å². The monoisotopic (exact) mass is 865 g/mol. The van der Waals surface area contributed by atoms with Crippen LogP contribution in [0, 0.1) is 0 Å². The lowest BCUT2D eigenvalue weighted by atomic mass is 9.70. The average Bonchev–Trinajstić information content (AvgIpc) is 4.09. The van der Waals surface area contributed by atoms with E-state index in [1.165, 1.54) is 44.5 Å². The minimum absolute atomic E-state index is 0.478. The van der Waals surface area contributed by atoms with Crippen LogP contribution in [0.2, 0.25) is 0 Å². The molecule has 1 spiro atoms. The third kappa shape index (κ3) is 5.56. The Bertz CT molecular complexity index is 3890. The van der Waals surface area contributed by atoms with E-state index in [1.807, 2.05) is 24.4 Å². The fourth-order valence-electron chi connectivity index (χ4n) is 11.3. The van der Waals surface area contributed by atoms with E-state index in [0.29, 0.717) is 17.5 Å². The van der Waals surface area contributed by atoms with Crippen LogP contribution in [0.4, 0.5) is 0 Å². The van der Waals surface area contributed by atoms with Crippen molar-refractivity contribution in [2.45, 2.75) is 5.41 Å². The summed E-state index contributed by atoms with van der Waals surface area (Å²) in [6.45, 7) is 0. The lowest BCUT2D eigenvalue weighted by molar-refractivity contribution is 0.794. The normalized spacial score (nSPS) is 12.8. The molecular weight excluding hydrogens is 827 g/mol. The molecule has 3 heterocycles. The molecule has 9 aromatic carbocycles. The van der Waals surface area contributed by atoms with Gasteiger partial charge in [0.05, 0.1) is 22.8 Å². The minimum Gasteiger partial charge on any atom is -0.231 e. The molecule has 2 aliphatic rings. The van der Waals surface area contributed by atoms with Crippen LogP contribution in [0.25, 0.3) is 106 Å². The summed E-state index contributed by atoms with van der Waals surface area (Å²) >= 11 is 0. The highest BCUT2D eigenvalue weighted by molar-refractivity contribution is 6.13. The predicted molar refractivity (Wildman–Crippen MR) is 275 cm³/mol. The largest absolute Gasteiger partial charge is 0.231 e. The summed E-state index contributed by atoms with van der Waals surface area (Å²) in [7, 11) is 0. The van der Waals surface area contributed by atoms with Gasteiger partial charge >= 0.3 is 0 Å². The molecule has 316 valence electrons. The van der Waals surface area contributed by atoms with E-state index >= 15 is 0 Å². The van der Waals surface area contributed by atoms with Crippen LogP contribution in [-0.4, -0.2) is 24.6 Å². The van der Waals surface area contributed by atoms with Gasteiger partial charge in [0.25, 0.3) is 0 Å². The molecule has 0 unspecified atom stereocenters. The molecule has 12 aromatic rings. The lowest BCUT2D eigenvalue weighted by Crippen LogP contribution is -2.25. The van der Waals surface area contributed by atoms with Crippen molar-refractivity contribution in [3.05, 3.63) is 259 Å². The Morgan fingerprint density at radius 1 is 0.309 bits per heavy atom. The van der Waals surface area contributed by atoms with Gasteiger partial charge in [0.15, 0.2) is 17.5 Å². The molecule has 5 nitrogen and oxygen atoms in total. The number of hydrogen-bond donors (Lipinski definition) is 0. The van der Waals surface area contributed by atoms with Crippen molar-refractivity contribution in [3.63, 3.8) is 0 Å². The summed E-state index contributed by atoms with van der Waals surface area (Å²) in [5.74, 6) is 1.86. The van der Waals surface area contributed by atoms with E-state index in [9.17, 15) is 0 Å². The molecule has 0 saturated heterocycles. The first-order chi connectivity index (χ1) is 33.7. The third-order valence-corrected chi connectivity index (χ3v) is 14.2. The Morgan fingerprint density at radius 2 is 0.735 bits per heavy atom. The van der Waals surface area contributed by atoms with Crippen LogP contribution in [0.3, 0.4) is 0 Å². The van der Waals surface area contributed by atoms with Crippen LogP contribution < -0.4 is 0 Å². The summed E-state index contributed by atoms with van der Waals surface area (Å²) < 4.78 is 2.13. The Kier molecular flexibility index (Phi) is 8.43. The van der Waals surface area contributed by atoms with Crippen molar-refractivity contribution in [3.8, 4) is 89.9 Å². The molecule has 0 atom stereocenters. The van der Waals surface area contributed by atoms with Crippen LogP contribution in [0.15, 0.2) is 237 Å². The number of pyridine rings is 1. The lowest BCUT2D eigenvalue weighted by Gasteiger charge is -2.30. The zero-order chi connectivity index (χ0) is 44.8. The molecule has 5 heteroatoms. The smallest absolute Gasteiger partial charge is 0.164 e. The van der Waals surface area contributed by atoms with Crippen LogP contribution >= 0.6 is 0 Å². The average molecular weight is 866 g/mol. The van der Waals surface area contributed by atoms with Gasteiger partial charge in [-0.25, -0.2) is 19.5 Å². The van der Waals surface area contributed by atoms with Gasteiger partial charge in [-0.15, -0.1) is 0 Å². The predicted octanol–water partition coefficient (Wildman–Crippen LogP) is 15.0. The maximum Gasteiger partial charge on any atom is 0.164 e. The summed E-state index contributed by atoms with van der Waals surface area (Å²) in [5.41, 5.74) is 20.1. The van der Waals surface area contributed by atoms with Crippen molar-refractivity contribution in [2.24, 2.45) is 0 Å². The highest BCUT2D eigenvalue weighted by atomic mass is 15.2. The van der Waals surface area contributed by atoms with Gasteiger partial charge in [-0.05, 0) is 67.1 Å². The number of nitrogens with zero attached hydrogens (tertiary/aromatic N) is 5. The second-order valence-electron chi connectivity index (χ2n) is 17.7. The fraction of sp³-hybridized carbons (Fsp3) is 0.0159. The molecule has 0 N–H and O–H groups in total. The zero-order valence-corrected chi connectivity index (χ0v) is 36.8. The number of fused-ring (bicyclic) bond motifs is 13. The summed E-state index contributed by atoms with van der Waals surface area (Å²) in [5, 5.41) is 7.41. The first-order valence-electron chi connectivity index (χ1n) is 23.1. The molecule has 14 rings (SSSR count). The van der Waals surface area contributed by atoms with Crippen molar-refractivity contribution in [1.29, 1.82) is 0 Å².